The maximum Gasteiger partial charge on any atom is 0.230 e. The van der Waals surface area contributed by atoms with Crippen LogP contribution in [-0.2, 0) is 4.79 Å². The van der Waals surface area contributed by atoms with Gasteiger partial charge in [0.1, 0.15) is 11.5 Å². The Balaban J connectivity index is 1.98. The second kappa shape index (κ2) is 8.38. The van der Waals surface area contributed by atoms with E-state index in [-0.39, 0.29) is 17.7 Å². The van der Waals surface area contributed by atoms with E-state index in [4.69, 9.17) is 9.47 Å². The van der Waals surface area contributed by atoms with Crippen molar-refractivity contribution < 1.29 is 14.3 Å². The SMILES string of the molecule is COc1ccc(OC)c([C@@H](C)NC(=O)CSc2ncccn2)c1. The molecule has 6 nitrogen and oxygen atoms in total. The van der Waals surface area contributed by atoms with E-state index in [2.05, 4.69) is 15.3 Å². The van der Waals surface area contributed by atoms with Gasteiger partial charge in [-0.2, -0.15) is 0 Å². The van der Waals surface area contributed by atoms with Crippen LogP contribution in [0.2, 0.25) is 0 Å². The molecular formula is C16H19N3O3S. The van der Waals surface area contributed by atoms with E-state index in [1.165, 1.54) is 11.8 Å². The summed E-state index contributed by atoms with van der Waals surface area (Å²) in [6, 6.07) is 7.03. The molecule has 0 spiro atoms. The maximum absolute atomic E-state index is 12.1. The van der Waals surface area contributed by atoms with Crippen LogP contribution in [0.25, 0.3) is 0 Å². The number of rotatable bonds is 7. The van der Waals surface area contributed by atoms with Gasteiger partial charge in [-0.1, -0.05) is 11.8 Å². The van der Waals surface area contributed by atoms with Gasteiger partial charge in [0.05, 0.1) is 26.0 Å². The van der Waals surface area contributed by atoms with Gasteiger partial charge in [-0.05, 0) is 31.2 Å². The van der Waals surface area contributed by atoms with Crippen molar-refractivity contribution in [1.82, 2.24) is 15.3 Å². The molecule has 0 unspecified atom stereocenters. The molecule has 1 atom stereocenters. The maximum atomic E-state index is 12.1. The van der Waals surface area contributed by atoms with E-state index >= 15 is 0 Å². The first kappa shape index (κ1) is 17.1. The van der Waals surface area contributed by atoms with Crippen LogP contribution in [0.1, 0.15) is 18.5 Å². The van der Waals surface area contributed by atoms with Crippen LogP contribution >= 0.6 is 11.8 Å². The van der Waals surface area contributed by atoms with E-state index in [1.54, 1.807) is 32.7 Å². The molecule has 0 radical (unpaired) electrons. The van der Waals surface area contributed by atoms with Gasteiger partial charge in [0.2, 0.25) is 5.91 Å². The van der Waals surface area contributed by atoms with Gasteiger partial charge < -0.3 is 14.8 Å². The molecule has 0 saturated heterocycles. The number of thioether (sulfide) groups is 1. The van der Waals surface area contributed by atoms with Gasteiger partial charge in [-0.25, -0.2) is 9.97 Å². The lowest BCUT2D eigenvalue weighted by atomic mass is 10.1. The molecular weight excluding hydrogens is 314 g/mol. The van der Waals surface area contributed by atoms with E-state index in [9.17, 15) is 4.79 Å². The molecule has 2 rings (SSSR count). The number of hydrogen-bond acceptors (Lipinski definition) is 6. The zero-order chi connectivity index (χ0) is 16.7. The minimum Gasteiger partial charge on any atom is -0.497 e. The fourth-order valence-electron chi connectivity index (χ4n) is 2.03. The molecule has 2 aromatic rings. The lowest BCUT2D eigenvalue weighted by Crippen LogP contribution is -2.28. The molecule has 1 amide bonds. The van der Waals surface area contributed by atoms with Crippen molar-refractivity contribution in [3.63, 3.8) is 0 Å². The number of carbonyl (C=O) groups excluding carboxylic acids is 1. The minimum atomic E-state index is -0.204. The van der Waals surface area contributed by atoms with Crippen LogP contribution in [0.3, 0.4) is 0 Å². The first-order valence-corrected chi connectivity index (χ1v) is 8.03. The fraction of sp³-hybridized carbons (Fsp3) is 0.312. The zero-order valence-corrected chi connectivity index (χ0v) is 14.1. The molecule has 7 heteroatoms. The molecule has 1 aromatic heterocycles. The summed E-state index contributed by atoms with van der Waals surface area (Å²) in [7, 11) is 3.20. The Kier molecular flexibility index (Phi) is 6.22. The van der Waals surface area contributed by atoms with Gasteiger partial charge in [-0.3, -0.25) is 4.79 Å². The van der Waals surface area contributed by atoms with Gasteiger partial charge in [0, 0.05) is 18.0 Å². The van der Waals surface area contributed by atoms with Crippen molar-refractivity contribution in [2.45, 2.75) is 18.1 Å². The lowest BCUT2D eigenvalue weighted by Gasteiger charge is -2.18. The molecule has 122 valence electrons. The molecule has 1 aromatic carbocycles. The van der Waals surface area contributed by atoms with E-state index < -0.39 is 0 Å². The highest BCUT2D eigenvalue weighted by Gasteiger charge is 2.15. The second-order valence-electron chi connectivity index (χ2n) is 4.72. The van der Waals surface area contributed by atoms with Gasteiger partial charge in [0.15, 0.2) is 5.16 Å². The Hall–Kier alpha value is -2.28. The number of hydrogen-bond donors (Lipinski definition) is 1. The highest BCUT2D eigenvalue weighted by Crippen LogP contribution is 2.29. The third-order valence-corrected chi connectivity index (χ3v) is 4.03. The van der Waals surface area contributed by atoms with Crippen molar-refractivity contribution in [2.24, 2.45) is 0 Å². The summed E-state index contributed by atoms with van der Waals surface area (Å²) >= 11 is 1.29. The Labute approximate surface area is 139 Å². The molecule has 0 bridgehead atoms. The predicted molar refractivity (Wildman–Crippen MR) is 88.9 cm³/mol. The van der Waals surface area contributed by atoms with Gasteiger partial charge >= 0.3 is 0 Å². The molecule has 0 aliphatic carbocycles. The summed E-state index contributed by atoms with van der Waals surface area (Å²) in [4.78, 5) is 20.2. The molecule has 23 heavy (non-hydrogen) atoms. The summed E-state index contributed by atoms with van der Waals surface area (Å²) in [5, 5.41) is 3.52. The lowest BCUT2D eigenvalue weighted by molar-refractivity contribution is -0.119. The summed E-state index contributed by atoms with van der Waals surface area (Å²) in [5.74, 6) is 1.58. The van der Waals surface area contributed by atoms with E-state index in [1.807, 2.05) is 25.1 Å². The number of nitrogens with zero attached hydrogens (tertiary/aromatic N) is 2. The Bertz CT molecular complexity index is 652. The molecule has 0 fully saturated rings. The fourth-order valence-corrected chi connectivity index (χ4v) is 2.64. The number of methoxy groups -OCH3 is 2. The third-order valence-electron chi connectivity index (χ3n) is 3.16. The highest BCUT2D eigenvalue weighted by atomic mass is 32.2. The van der Waals surface area contributed by atoms with Crippen LogP contribution < -0.4 is 14.8 Å². The summed E-state index contributed by atoms with van der Waals surface area (Å²) in [6.07, 6.45) is 3.30. The van der Waals surface area contributed by atoms with E-state index in [0.29, 0.717) is 16.7 Å². The summed E-state index contributed by atoms with van der Waals surface area (Å²) in [6.45, 7) is 1.90. The largest absolute Gasteiger partial charge is 0.497 e. The monoisotopic (exact) mass is 333 g/mol. The number of nitrogens with one attached hydrogen (secondary N) is 1. The Morgan fingerprint density at radius 3 is 2.65 bits per heavy atom. The summed E-state index contributed by atoms with van der Waals surface area (Å²) < 4.78 is 10.6. The smallest absolute Gasteiger partial charge is 0.230 e. The van der Waals surface area contributed by atoms with Crippen molar-refractivity contribution in [2.75, 3.05) is 20.0 Å². The molecule has 0 aliphatic rings. The number of carbonyl (C=O) groups is 1. The van der Waals surface area contributed by atoms with Crippen molar-refractivity contribution in [3.05, 3.63) is 42.2 Å². The Morgan fingerprint density at radius 1 is 1.26 bits per heavy atom. The average molecular weight is 333 g/mol. The average Bonchev–Trinajstić information content (AvgIpc) is 2.60. The molecule has 1 N–H and O–H groups in total. The van der Waals surface area contributed by atoms with Crippen molar-refractivity contribution in [3.8, 4) is 11.5 Å². The number of amides is 1. The van der Waals surface area contributed by atoms with Crippen LogP contribution in [0.4, 0.5) is 0 Å². The van der Waals surface area contributed by atoms with Crippen molar-refractivity contribution in [1.29, 1.82) is 0 Å². The molecule has 0 aliphatic heterocycles. The Morgan fingerprint density at radius 2 is 2.00 bits per heavy atom. The van der Waals surface area contributed by atoms with Crippen LogP contribution in [0.15, 0.2) is 41.8 Å². The number of ether oxygens (including phenoxy) is 2. The normalized spacial score (nSPS) is 11.6. The van der Waals surface area contributed by atoms with Gasteiger partial charge in [-0.15, -0.1) is 0 Å². The predicted octanol–water partition coefficient (Wildman–Crippen LogP) is 2.46. The highest BCUT2D eigenvalue weighted by molar-refractivity contribution is 7.99. The van der Waals surface area contributed by atoms with Gasteiger partial charge in [0.25, 0.3) is 0 Å². The van der Waals surface area contributed by atoms with Crippen LogP contribution in [0, 0.1) is 0 Å². The first-order valence-electron chi connectivity index (χ1n) is 7.05. The number of aromatic nitrogens is 2. The van der Waals surface area contributed by atoms with Crippen LogP contribution in [0.5, 0.6) is 11.5 Å². The second-order valence-corrected chi connectivity index (χ2v) is 5.66. The minimum absolute atomic E-state index is 0.0974. The molecule has 1 heterocycles. The standard InChI is InChI=1S/C16H19N3O3S/c1-11(13-9-12(21-2)5-6-14(13)22-3)19-15(20)10-23-16-17-7-4-8-18-16/h4-9,11H,10H2,1-3H3,(H,19,20)/t11-/m1/s1. The summed E-state index contributed by atoms with van der Waals surface area (Å²) in [5.41, 5.74) is 0.862. The van der Waals surface area contributed by atoms with Crippen LogP contribution in [-0.4, -0.2) is 35.8 Å². The first-order chi connectivity index (χ1) is 11.1. The topological polar surface area (TPSA) is 73.3 Å². The number of benzene rings is 1. The van der Waals surface area contributed by atoms with E-state index in [0.717, 1.165) is 5.56 Å². The third kappa shape index (κ3) is 4.85. The quantitative estimate of drug-likeness (QED) is 0.620. The van der Waals surface area contributed by atoms with Crippen molar-refractivity contribution >= 4 is 17.7 Å². The molecule has 0 saturated carbocycles. The zero-order valence-electron chi connectivity index (χ0n) is 13.3.